The number of anilines is 3. The van der Waals surface area contributed by atoms with E-state index in [9.17, 15) is 0 Å². The highest BCUT2D eigenvalue weighted by Crippen LogP contribution is 2.46. The van der Waals surface area contributed by atoms with Gasteiger partial charge in [-0.1, -0.05) is 212 Å². The lowest BCUT2D eigenvalue weighted by Crippen LogP contribution is -2.10. The lowest BCUT2D eigenvalue weighted by atomic mass is 9.84. The molecule has 0 amide bonds. The van der Waals surface area contributed by atoms with Crippen LogP contribution in [0.2, 0.25) is 0 Å². The number of rotatable bonds is 8. The lowest BCUT2D eigenvalue weighted by molar-refractivity contribution is 1.28. The number of nitrogens with zero attached hydrogens (tertiary/aromatic N) is 1. The van der Waals surface area contributed by atoms with Crippen LogP contribution in [0.1, 0.15) is 0 Å². The number of fused-ring (bicyclic) bond motifs is 5. The third-order valence-corrected chi connectivity index (χ3v) is 13.0. The Labute approximate surface area is 379 Å². The maximum Gasteiger partial charge on any atom is 0.0467 e. The van der Waals surface area contributed by atoms with Crippen LogP contribution < -0.4 is 4.90 Å². The summed E-state index contributed by atoms with van der Waals surface area (Å²) in [4.78, 5) is 2.40. The highest BCUT2D eigenvalue weighted by molar-refractivity contribution is 6.22. The first-order valence-corrected chi connectivity index (χ1v) is 22.4. The summed E-state index contributed by atoms with van der Waals surface area (Å²) < 4.78 is 0. The van der Waals surface area contributed by atoms with E-state index in [1.165, 1.54) is 93.2 Å². The van der Waals surface area contributed by atoms with Crippen LogP contribution in [0.4, 0.5) is 17.1 Å². The van der Waals surface area contributed by atoms with Gasteiger partial charge in [0.1, 0.15) is 0 Å². The van der Waals surface area contributed by atoms with Gasteiger partial charge in [0, 0.05) is 17.1 Å². The molecule has 12 aromatic carbocycles. The van der Waals surface area contributed by atoms with E-state index in [-0.39, 0.29) is 0 Å². The van der Waals surface area contributed by atoms with Crippen molar-refractivity contribution in [1.82, 2.24) is 0 Å². The molecule has 0 heterocycles. The molecule has 65 heavy (non-hydrogen) atoms. The topological polar surface area (TPSA) is 3.24 Å². The Kier molecular flexibility index (Phi) is 9.58. The largest absolute Gasteiger partial charge is 0.310 e. The number of benzene rings is 12. The Morgan fingerprint density at radius 2 is 0.677 bits per heavy atom. The Balaban J connectivity index is 1.03. The molecule has 304 valence electrons. The van der Waals surface area contributed by atoms with E-state index >= 15 is 0 Å². The smallest absolute Gasteiger partial charge is 0.0467 e. The van der Waals surface area contributed by atoms with Crippen molar-refractivity contribution in [2.24, 2.45) is 0 Å². The van der Waals surface area contributed by atoms with Gasteiger partial charge in [-0.25, -0.2) is 0 Å². The predicted octanol–water partition coefficient (Wildman–Crippen LogP) is 18.1. The molecule has 0 aliphatic heterocycles. The van der Waals surface area contributed by atoms with Gasteiger partial charge in [0.15, 0.2) is 0 Å². The average Bonchev–Trinajstić information content (AvgIpc) is 3.39. The fraction of sp³-hybridized carbons (Fsp3) is 0. The van der Waals surface area contributed by atoms with Crippen molar-refractivity contribution in [1.29, 1.82) is 0 Å². The normalized spacial score (nSPS) is 11.4. The van der Waals surface area contributed by atoms with E-state index in [1.54, 1.807) is 0 Å². The van der Waals surface area contributed by atoms with Gasteiger partial charge in [-0.2, -0.15) is 0 Å². The standard InChI is InChI=1S/C64H43N/c1-3-18-47(19-4-1)63-61-30-12-11-29-59(61)60-39-36-52(43-62(60)64(63)48-20-5-2-6-21-48)50-24-13-26-55(41-50)65(54-37-34-45(35-38-54)51-33-32-44-16-7-8-22-49(44)40-51)56-27-14-25-53(42-56)58-31-15-23-46-17-9-10-28-57(46)58/h1-43H. The van der Waals surface area contributed by atoms with Gasteiger partial charge >= 0.3 is 0 Å². The van der Waals surface area contributed by atoms with Crippen LogP contribution in [0.25, 0.3) is 98.7 Å². The van der Waals surface area contributed by atoms with Gasteiger partial charge < -0.3 is 4.90 Å². The second-order valence-electron chi connectivity index (χ2n) is 16.9. The molecular weight excluding hydrogens is 783 g/mol. The van der Waals surface area contributed by atoms with Gasteiger partial charge in [0.25, 0.3) is 0 Å². The van der Waals surface area contributed by atoms with E-state index in [2.05, 4.69) is 266 Å². The summed E-state index contributed by atoms with van der Waals surface area (Å²) in [6.45, 7) is 0. The van der Waals surface area contributed by atoms with Crippen LogP contribution in [0.5, 0.6) is 0 Å². The summed E-state index contributed by atoms with van der Waals surface area (Å²) in [6.07, 6.45) is 0. The molecule has 0 atom stereocenters. The first kappa shape index (κ1) is 38.2. The molecule has 0 spiro atoms. The van der Waals surface area contributed by atoms with Gasteiger partial charge in [-0.3, -0.25) is 0 Å². The highest BCUT2D eigenvalue weighted by Gasteiger charge is 2.20. The van der Waals surface area contributed by atoms with Crippen LogP contribution in [-0.2, 0) is 0 Å². The molecule has 0 aliphatic carbocycles. The number of hydrogen-bond acceptors (Lipinski definition) is 1. The molecule has 1 nitrogen and oxygen atoms in total. The van der Waals surface area contributed by atoms with Crippen molar-refractivity contribution >= 4 is 60.2 Å². The SMILES string of the molecule is c1ccc(-c2c(-c3ccccc3)c3cc(-c4cccc(N(c5ccc(-c6ccc7ccccc7c6)cc5)c5cccc(-c6cccc7ccccc67)c5)c4)ccc3c3ccccc23)cc1. The fourth-order valence-corrected chi connectivity index (χ4v) is 9.91. The van der Waals surface area contributed by atoms with Crippen LogP contribution in [0, 0.1) is 0 Å². The first-order valence-electron chi connectivity index (χ1n) is 22.4. The van der Waals surface area contributed by atoms with Crippen molar-refractivity contribution < 1.29 is 0 Å². The first-order chi connectivity index (χ1) is 32.2. The summed E-state index contributed by atoms with van der Waals surface area (Å²) in [5, 5.41) is 9.97. The zero-order valence-electron chi connectivity index (χ0n) is 35.8. The molecule has 0 saturated carbocycles. The third kappa shape index (κ3) is 7.01. The van der Waals surface area contributed by atoms with E-state index in [1.807, 2.05) is 0 Å². The Morgan fingerprint density at radius 3 is 1.42 bits per heavy atom. The molecule has 0 saturated heterocycles. The second kappa shape index (κ2) is 16.3. The molecule has 0 unspecified atom stereocenters. The van der Waals surface area contributed by atoms with Gasteiger partial charge in [0.2, 0.25) is 0 Å². The van der Waals surface area contributed by atoms with Crippen LogP contribution in [-0.4, -0.2) is 0 Å². The Morgan fingerprint density at radius 1 is 0.200 bits per heavy atom. The summed E-state index contributed by atoms with van der Waals surface area (Å²) in [5.41, 5.74) is 15.3. The minimum Gasteiger partial charge on any atom is -0.310 e. The maximum absolute atomic E-state index is 2.42. The molecule has 0 bridgehead atoms. The molecule has 0 N–H and O–H groups in total. The molecule has 0 fully saturated rings. The highest BCUT2D eigenvalue weighted by atomic mass is 15.1. The van der Waals surface area contributed by atoms with Crippen molar-refractivity contribution in [2.75, 3.05) is 4.90 Å². The zero-order valence-corrected chi connectivity index (χ0v) is 35.8. The molecule has 0 aliphatic rings. The lowest BCUT2D eigenvalue weighted by Gasteiger charge is -2.27. The maximum atomic E-state index is 2.42. The zero-order chi connectivity index (χ0) is 43.1. The molecular formula is C64H43N. The van der Waals surface area contributed by atoms with Crippen molar-refractivity contribution in [3.8, 4) is 55.6 Å². The molecule has 1 heteroatoms. The summed E-state index contributed by atoms with van der Waals surface area (Å²) in [6, 6.07) is 95.3. The molecule has 12 aromatic rings. The van der Waals surface area contributed by atoms with Gasteiger partial charge in [-0.15, -0.1) is 0 Å². The van der Waals surface area contributed by atoms with Crippen LogP contribution in [0.15, 0.2) is 261 Å². The van der Waals surface area contributed by atoms with Gasteiger partial charge in [0.05, 0.1) is 0 Å². The predicted molar refractivity (Wildman–Crippen MR) is 278 cm³/mol. The third-order valence-electron chi connectivity index (χ3n) is 13.0. The van der Waals surface area contributed by atoms with Crippen LogP contribution in [0.3, 0.4) is 0 Å². The summed E-state index contributed by atoms with van der Waals surface area (Å²) >= 11 is 0. The molecule has 0 aromatic heterocycles. The quantitative estimate of drug-likeness (QED) is 0.138. The minimum absolute atomic E-state index is 1.09. The minimum atomic E-state index is 1.09. The van der Waals surface area contributed by atoms with Gasteiger partial charge in [-0.05, 0) is 147 Å². The molecule has 0 radical (unpaired) electrons. The fourth-order valence-electron chi connectivity index (χ4n) is 9.91. The van der Waals surface area contributed by atoms with Crippen molar-refractivity contribution in [2.45, 2.75) is 0 Å². The van der Waals surface area contributed by atoms with Crippen LogP contribution >= 0.6 is 0 Å². The Hall–Kier alpha value is -8.52. The van der Waals surface area contributed by atoms with Crippen molar-refractivity contribution in [3.63, 3.8) is 0 Å². The molecule has 12 rings (SSSR count). The summed E-state index contributed by atoms with van der Waals surface area (Å²) in [5.74, 6) is 0. The van der Waals surface area contributed by atoms with E-state index in [4.69, 9.17) is 0 Å². The van der Waals surface area contributed by atoms with E-state index in [0.29, 0.717) is 0 Å². The second-order valence-corrected chi connectivity index (χ2v) is 16.9. The Bertz CT molecular complexity index is 3700. The monoisotopic (exact) mass is 825 g/mol. The van der Waals surface area contributed by atoms with E-state index < -0.39 is 0 Å². The van der Waals surface area contributed by atoms with E-state index in [0.717, 1.165) is 22.6 Å². The number of hydrogen-bond donors (Lipinski definition) is 0. The van der Waals surface area contributed by atoms with Crippen molar-refractivity contribution in [3.05, 3.63) is 261 Å². The average molecular weight is 826 g/mol. The summed E-state index contributed by atoms with van der Waals surface area (Å²) in [7, 11) is 0.